The summed E-state index contributed by atoms with van der Waals surface area (Å²) < 4.78 is 0. The first kappa shape index (κ1) is 14.7. The zero-order valence-corrected chi connectivity index (χ0v) is 10.8. The van der Waals surface area contributed by atoms with Crippen molar-refractivity contribution < 1.29 is 4.79 Å². The molecule has 0 spiro atoms. The highest BCUT2D eigenvalue weighted by Gasteiger charge is 2.30. The average molecular weight is 277 g/mol. The molecule has 0 aliphatic rings. The minimum absolute atomic E-state index is 0.569. The third kappa shape index (κ3) is 4.01. The molecule has 3 unspecified atom stereocenters. The van der Waals surface area contributed by atoms with Crippen molar-refractivity contribution in [3.63, 3.8) is 0 Å². The van der Waals surface area contributed by atoms with Crippen LogP contribution in [0.15, 0.2) is 5.29 Å². The number of rotatable bonds is 4. The van der Waals surface area contributed by atoms with E-state index in [1.54, 1.807) is 13.8 Å². The van der Waals surface area contributed by atoms with Gasteiger partial charge in [0.25, 0.3) is 0 Å². The fourth-order valence-corrected chi connectivity index (χ4v) is 1.64. The lowest BCUT2D eigenvalue weighted by atomic mass is 10.5. The van der Waals surface area contributed by atoms with E-state index in [0.29, 0.717) is 5.01 Å². The quantitative estimate of drug-likeness (QED) is 0.343. The van der Waals surface area contributed by atoms with Crippen molar-refractivity contribution in [3.05, 3.63) is 4.91 Å². The van der Waals surface area contributed by atoms with Gasteiger partial charge in [-0.3, -0.25) is 4.90 Å². The van der Waals surface area contributed by atoms with Crippen molar-refractivity contribution in [3.8, 4) is 0 Å². The maximum atomic E-state index is 11.7. The van der Waals surface area contributed by atoms with E-state index in [9.17, 15) is 9.70 Å². The number of nitroso groups, excluding NO2 is 1. The molecule has 0 aliphatic heterocycles. The van der Waals surface area contributed by atoms with Crippen molar-refractivity contribution in [2.45, 2.75) is 37.3 Å². The van der Waals surface area contributed by atoms with Crippen LogP contribution >= 0.6 is 34.8 Å². The molecule has 0 aromatic rings. The molecule has 2 amide bonds. The Morgan fingerprint density at radius 2 is 1.47 bits per heavy atom. The van der Waals surface area contributed by atoms with E-state index in [4.69, 9.17) is 34.8 Å². The van der Waals surface area contributed by atoms with Crippen molar-refractivity contribution in [2.75, 3.05) is 0 Å². The summed E-state index contributed by atoms with van der Waals surface area (Å²) in [5.74, 6) is 0. The van der Waals surface area contributed by atoms with Crippen LogP contribution in [-0.2, 0) is 0 Å². The number of hydrogen-bond donors (Lipinski definition) is 0. The molecule has 0 rings (SSSR count). The predicted octanol–water partition coefficient (Wildman–Crippen LogP) is 3.15. The molecule has 8 heteroatoms. The van der Waals surface area contributed by atoms with Crippen LogP contribution in [0.2, 0.25) is 0 Å². The zero-order chi connectivity index (χ0) is 12.2. The summed E-state index contributed by atoms with van der Waals surface area (Å²) in [5.41, 5.74) is -2.18. The molecule has 0 aromatic carbocycles. The number of nitrogens with zero attached hydrogens (tertiary/aromatic N) is 3. The molecule has 3 atom stereocenters. The van der Waals surface area contributed by atoms with Crippen molar-refractivity contribution in [1.29, 1.82) is 0 Å². The lowest BCUT2D eigenvalue weighted by molar-refractivity contribution is 0.144. The third-order valence-corrected chi connectivity index (χ3v) is 2.21. The Hall–Kier alpha value is -0.260. The van der Waals surface area contributed by atoms with E-state index in [1.165, 1.54) is 6.92 Å². The molecule has 15 heavy (non-hydrogen) atoms. The molecule has 88 valence electrons. The molecular weight excluding hydrogens is 264 g/mol. The van der Waals surface area contributed by atoms with Gasteiger partial charge in [0.05, 0.1) is 5.29 Å². The number of carbonyl (C=O) groups is 1. The highest BCUT2D eigenvalue weighted by molar-refractivity contribution is 6.24. The normalized spacial score (nSPS) is 16.4. The van der Waals surface area contributed by atoms with Gasteiger partial charge in [0.15, 0.2) is 0 Å². The fourth-order valence-electron chi connectivity index (χ4n) is 0.958. The summed E-state index contributed by atoms with van der Waals surface area (Å²) in [6.07, 6.45) is 0. The summed E-state index contributed by atoms with van der Waals surface area (Å²) in [4.78, 5) is 23.2. The highest BCUT2D eigenvalue weighted by atomic mass is 35.5. The maximum absolute atomic E-state index is 11.7. The van der Waals surface area contributed by atoms with E-state index in [2.05, 4.69) is 5.29 Å². The van der Waals surface area contributed by atoms with Crippen molar-refractivity contribution in [1.82, 2.24) is 9.91 Å². The summed E-state index contributed by atoms with van der Waals surface area (Å²) in [6.45, 7) is 4.55. The molecule has 0 aliphatic carbocycles. The molecule has 0 heterocycles. The summed E-state index contributed by atoms with van der Waals surface area (Å²) in [6, 6.07) is -0.725. The second-order valence-corrected chi connectivity index (χ2v) is 4.73. The van der Waals surface area contributed by atoms with Gasteiger partial charge in [-0.1, -0.05) is 34.8 Å². The monoisotopic (exact) mass is 275 g/mol. The molecular formula is C7H12Cl3N3O2. The second kappa shape index (κ2) is 6.35. The fraction of sp³-hybridized carbons (Fsp3) is 0.857. The number of hydrogen-bond acceptors (Lipinski definition) is 3. The molecule has 0 bridgehead atoms. The van der Waals surface area contributed by atoms with Gasteiger partial charge < -0.3 is 0 Å². The maximum Gasteiger partial charge on any atom is 0.346 e. The molecule has 5 nitrogen and oxygen atoms in total. The number of alkyl halides is 3. The average Bonchev–Trinajstić information content (AvgIpc) is 2.02. The first-order valence-electron chi connectivity index (χ1n) is 4.20. The van der Waals surface area contributed by atoms with Crippen LogP contribution in [0.1, 0.15) is 20.8 Å². The smallest absolute Gasteiger partial charge is 0.291 e. The Kier molecular flexibility index (Phi) is 6.24. The standard InChI is InChI=1S/C7H12Cl3N3O2/c1-4(8)12(5(2)9)7(14)13(11-15)6(3)10/h4-6H,1-3H3. The Morgan fingerprint density at radius 3 is 1.67 bits per heavy atom. The van der Waals surface area contributed by atoms with Gasteiger partial charge in [0.2, 0.25) is 0 Å². The van der Waals surface area contributed by atoms with E-state index in [-0.39, 0.29) is 0 Å². The Labute approximate surface area is 103 Å². The number of urea groups is 1. The largest absolute Gasteiger partial charge is 0.346 e. The van der Waals surface area contributed by atoms with Gasteiger partial charge >= 0.3 is 6.03 Å². The summed E-state index contributed by atoms with van der Waals surface area (Å²) >= 11 is 17.1. The van der Waals surface area contributed by atoms with Crippen LogP contribution < -0.4 is 0 Å². The number of halogens is 3. The van der Waals surface area contributed by atoms with Crippen molar-refractivity contribution in [2.24, 2.45) is 5.29 Å². The van der Waals surface area contributed by atoms with Crippen LogP contribution in [0, 0.1) is 4.91 Å². The molecule has 0 saturated heterocycles. The van der Waals surface area contributed by atoms with Gasteiger partial charge in [-0.05, 0) is 20.8 Å². The van der Waals surface area contributed by atoms with E-state index in [0.717, 1.165) is 4.90 Å². The van der Waals surface area contributed by atoms with Crippen LogP contribution in [0.3, 0.4) is 0 Å². The molecule has 0 aromatic heterocycles. The summed E-state index contributed by atoms with van der Waals surface area (Å²) in [7, 11) is 0. The summed E-state index contributed by atoms with van der Waals surface area (Å²) in [5, 5.41) is 3.08. The molecule has 0 fully saturated rings. The van der Waals surface area contributed by atoms with Gasteiger partial charge in [-0.15, -0.1) is 4.91 Å². The van der Waals surface area contributed by atoms with Gasteiger partial charge in [-0.2, -0.15) is 5.01 Å². The topological polar surface area (TPSA) is 53.0 Å². The lowest BCUT2D eigenvalue weighted by Gasteiger charge is -2.30. The first-order valence-corrected chi connectivity index (χ1v) is 5.50. The Balaban J connectivity index is 4.83. The molecule has 0 saturated carbocycles. The number of amides is 2. The van der Waals surface area contributed by atoms with Crippen molar-refractivity contribution >= 4 is 40.8 Å². The van der Waals surface area contributed by atoms with Crippen LogP contribution in [0.5, 0.6) is 0 Å². The predicted molar refractivity (Wildman–Crippen MR) is 60.8 cm³/mol. The van der Waals surface area contributed by atoms with E-state index in [1.807, 2.05) is 0 Å². The van der Waals surface area contributed by atoms with Gasteiger partial charge in [0.1, 0.15) is 16.5 Å². The van der Waals surface area contributed by atoms with Gasteiger partial charge in [-0.25, -0.2) is 4.79 Å². The van der Waals surface area contributed by atoms with Gasteiger partial charge in [0, 0.05) is 0 Å². The zero-order valence-electron chi connectivity index (χ0n) is 8.52. The van der Waals surface area contributed by atoms with Crippen LogP contribution in [0.4, 0.5) is 4.79 Å². The number of carbonyl (C=O) groups excluding carboxylic acids is 1. The minimum Gasteiger partial charge on any atom is -0.291 e. The second-order valence-electron chi connectivity index (χ2n) is 2.84. The minimum atomic E-state index is -0.858. The molecule has 0 radical (unpaired) electrons. The van der Waals surface area contributed by atoms with E-state index >= 15 is 0 Å². The molecule has 0 N–H and O–H groups in total. The Morgan fingerprint density at radius 1 is 1.07 bits per heavy atom. The highest BCUT2D eigenvalue weighted by Crippen LogP contribution is 2.18. The lowest BCUT2D eigenvalue weighted by Crippen LogP contribution is -2.47. The van der Waals surface area contributed by atoms with Crippen LogP contribution in [-0.4, -0.2) is 32.4 Å². The van der Waals surface area contributed by atoms with Crippen LogP contribution in [0.25, 0.3) is 0 Å². The SMILES string of the molecule is CC(Cl)N(N=O)C(=O)N(C(C)Cl)C(C)Cl. The van der Waals surface area contributed by atoms with E-state index < -0.39 is 22.5 Å². The third-order valence-electron chi connectivity index (χ3n) is 1.61. The Bertz CT molecular complexity index is 228. The first-order chi connectivity index (χ1) is 6.82.